The fourth-order valence-corrected chi connectivity index (χ4v) is 3.10. The van der Waals surface area contributed by atoms with E-state index in [-0.39, 0.29) is 5.56 Å². The summed E-state index contributed by atoms with van der Waals surface area (Å²) in [6.07, 6.45) is 4.35. The number of nitrogens with one attached hydrogen (secondary N) is 2. The van der Waals surface area contributed by atoms with Crippen LogP contribution in [0.2, 0.25) is 0 Å². The van der Waals surface area contributed by atoms with E-state index in [9.17, 15) is 4.79 Å². The first-order valence-corrected chi connectivity index (χ1v) is 6.12. The molecule has 0 spiro atoms. The molecule has 0 amide bonds. The molecule has 0 bridgehead atoms. The molecule has 0 aliphatic carbocycles. The van der Waals surface area contributed by atoms with E-state index in [2.05, 4.69) is 9.69 Å². The van der Waals surface area contributed by atoms with Crippen molar-refractivity contribution in [3.05, 3.63) is 34.5 Å². The lowest BCUT2D eigenvalue weighted by Gasteiger charge is -2.06. The van der Waals surface area contributed by atoms with Crippen molar-refractivity contribution in [2.24, 2.45) is 0 Å². The molecule has 1 aliphatic heterocycles. The van der Waals surface area contributed by atoms with Gasteiger partial charge in [-0.2, -0.15) is 0 Å². The van der Waals surface area contributed by atoms with Crippen molar-refractivity contribution in [2.45, 2.75) is 12.3 Å². The number of aromatic nitrogens is 1. The summed E-state index contributed by atoms with van der Waals surface area (Å²) in [6, 6.07) is 1.89. The van der Waals surface area contributed by atoms with Crippen molar-refractivity contribution >= 4 is 11.5 Å². The van der Waals surface area contributed by atoms with E-state index in [1.54, 1.807) is 12.5 Å². The van der Waals surface area contributed by atoms with Crippen LogP contribution in [0.5, 0.6) is 0 Å². The molecule has 2 aromatic heterocycles. The molecule has 5 heteroatoms. The fraction of sp³-hybridized carbons (Fsp3) is 0.364. The SMILES string of the molecule is O=c1[nH]sc(-c2ccoc2)c1C1CCNC1. The highest BCUT2D eigenvalue weighted by atomic mass is 32.1. The van der Waals surface area contributed by atoms with Gasteiger partial charge in [-0.05, 0) is 19.0 Å². The van der Waals surface area contributed by atoms with Gasteiger partial charge in [-0.25, -0.2) is 0 Å². The van der Waals surface area contributed by atoms with Gasteiger partial charge in [0.1, 0.15) is 0 Å². The van der Waals surface area contributed by atoms with E-state index < -0.39 is 0 Å². The molecule has 1 atom stereocenters. The highest BCUT2D eigenvalue weighted by molar-refractivity contribution is 7.09. The molecular formula is C11H12N2O2S. The largest absolute Gasteiger partial charge is 0.472 e. The number of H-pyrrole nitrogens is 1. The van der Waals surface area contributed by atoms with Gasteiger partial charge in [-0.1, -0.05) is 11.5 Å². The normalized spacial score (nSPS) is 20.4. The van der Waals surface area contributed by atoms with Crippen molar-refractivity contribution in [2.75, 3.05) is 13.1 Å². The first-order valence-electron chi connectivity index (χ1n) is 5.31. The van der Waals surface area contributed by atoms with Crippen LogP contribution in [0.1, 0.15) is 17.9 Å². The Morgan fingerprint density at radius 3 is 3.12 bits per heavy atom. The maximum absolute atomic E-state index is 11.8. The Bertz CT molecular complexity index is 520. The number of rotatable bonds is 2. The highest BCUT2D eigenvalue weighted by Gasteiger charge is 2.25. The number of hydrogen-bond donors (Lipinski definition) is 2. The summed E-state index contributed by atoms with van der Waals surface area (Å²) in [5.74, 6) is 0.333. The van der Waals surface area contributed by atoms with Crippen molar-refractivity contribution in [1.29, 1.82) is 0 Å². The van der Waals surface area contributed by atoms with E-state index >= 15 is 0 Å². The summed E-state index contributed by atoms with van der Waals surface area (Å²) >= 11 is 1.40. The van der Waals surface area contributed by atoms with Crippen molar-refractivity contribution in [1.82, 2.24) is 9.69 Å². The second kappa shape index (κ2) is 3.92. The topological polar surface area (TPSA) is 58.0 Å². The van der Waals surface area contributed by atoms with E-state index in [0.29, 0.717) is 5.92 Å². The molecule has 2 N–H and O–H groups in total. The fourth-order valence-electron chi connectivity index (χ4n) is 2.19. The summed E-state index contributed by atoms with van der Waals surface area (Å²) in [5, 5.41) is 3.29. The Hall–Kier alpha value is -1.33. The third kappa shape index (κ3) is 1.52. The number of aromatic amines is 1. The van der Waals surface area contributed by atoms with E-state index in [1.165, 1.54) is 11.5 Å². The smallest absolute Gasteiger partial charge is 0.262 e. The minimum atomic E-state index is 0.0508. The van der Waals surface area contributed by atoms with E-state index in [1.807, 2.05) is 6.07 Å². The Balaban J connectivity index is 2.09. The monoisotopic (exact) mass is 236 g/mol. The zero-order valence-electron chi connectivity index (χ0n) is 8.66. The van der Waals surface area contributed by atoms with Gasteiger partial charge < -0.3 is 9.73 Å². The molecule has 0 aromatic carbocycles. The quantitative estimate of drug-likeness (QED) is 0.835. The van der Waals surface area contributed by atoms with E-state index in [0.717, 1.165) is 35.5 Å². The summed E-state index contributed by atoms with van der Waals surface area (Å²) in [6.45, 7) is 1.88. The Kier molecular flexibility index (Phi) is 2.41. The second-order valence-electron chi connectivity index (χ2n) is 3.98. The molecule has 3 rings (SSSR count). The van der Waals surface area contributed by atoms with Crippen molar-refractivity contribution < 1.29 is 4.42 Å². The van der Waals surface area contributed by atoms with Crippen LogP contribution >= 0.6 is 11.5 Å². The van der Waals surface area contributed by atoms with Gasteiger partial charge in [0.2, 0.25) is 0 Å². The maximum Gasteiger partial charge on any atom is 0.262 e. The van der Waals surface area contributed by atoms with Gasteiger partial charge >= 0.3 is 0 Å². The molecule has 1 unspecified atom stereocenters. The second-order valence-corrected chi connectivity index (χ2v) is 4.79. The zero-order chi connectivity index (χ0) is 11.0. The van der Waals surface area contributed by atoms with Crippen LogP contribution in [0.4, 0.5) is 0 Å². The van der Waals surface area contributed by atoms with Gasteiger partial charge in [0.25, 0.3) is 5.56 Å². The standard InChI is InChI=1S/C11H12N2O2S/c14-11-9(7-1-3-12-5-7)10(16-13-11)8-2-4-15-6-8/h2,4,6-7,12H,1,3,5H2,(H,13,14). The molecule has 4 nitrogen and oxygen atoms in total. The molecule has 16 heavy (non-hydrogen) atoms. The molecule has 0 radical (unpaired) electrons. The molecule has 0 saturated carbocycles. The lowest BCUT2D eigenvalue weighted by Crippen LogP contribution is -2.14. The van der Waals surface area contributed by atoms with Gasteiger partial charge in [-0.3, -0.25) is 9.17 Å². The summed E-state index contributed by atoms with van der Waals surface area (Å²) < 4.78 is 7.89. The van der Waals surface area contributed by atoms with Crippen molar-refractivity contribution in [3.8, 4) is 10.4 Å². The summed E-state index contributed by atoms with van der Waals surface area (Å²) in [7, 11) is 0. The Morgan fingerprint density at radius 1 is 1.50 bits per heavy atom. The summed E-state index contributed by atoms with van der Waals surface area (Å²) in [5.41, 5.74) is 1.96. The van der Waals surface area contributed by atoms with Crippen LogP contribution < -0.4 is 10.9 Å². The van der Waals surface area contributed by atoms with Gasteiger partial charge in [-0.15, -0.1) is 0 Å². The third-order valence-electron chi connectivity index (χ3n) is 2.99. The molecule has 1 aliphatic rings. The third-order valence-corrected chi connectivity index (χ3v) is 3.93. The number of hydrogen-bond acceptors (Lipinski definition) is 4. The van der Waals surface area contributed by atoms with Crippen LogP contribution in [0.3, 0.4) is 0 Å². The molecule has 1 saturated heterocycles. The van der Waals surface area contributed by atoms with Gasteiger partial charge in [0.15, 0.2) is 0 Å². The molecule has 2 aromatic rings. The van der Waals surface area contributed by atoms with Crippen molar-refractivity contribution in [3.63, 3.8) is 0 Å². The average Bonchev–Trinajstić information content (AvgIpc) is 2.96. The molecule has 84 valence electrons. The summed E-state index contributed by atoms with van der Waals surface area (Å²) in [4.78, 5) is 12.8. The van der Waals surface area contributed by atoms with Crippen LogP contribution in [0.25, 0.3) is 10.4 Å². The first-order chi connectivity index (χ1) is 7.86. The minimum absolute atomic E-state index is 0.0508. The minimum Gasteiger partial charge on any atom is -0.472 e. The van der Waals surface area contributed by atoms with Gasteiger partial charge in [0.05, 0.1) is 17.4 Å². The van der Waals surface area contributed by atoms with Crippen LogP contribution in [0, 0.1) is 0 Å². The lowest BCUT2D eigenvalue weighted by atomic mass is 9.98. The van der Waals surface area contributed by atoms with Crippen LogP contribution in [0.15, 0.2) is 27.8 Å². The molecule has 3 heterocycles. The highest BCUT2D eigenvalue weighted by Crippen LogP contribution is 2.32. The van der Waals surface area contributed by atoms with E-state index in [4.69, 9.17) is 4.42 Å². The Labute approximate surface area is 96.4 Å². The Morgan fingerprint density at radius 2 is 2.44 bits per heavy atom. The van der Waals surface area contributed by atoms with Gasteiger partial charge in [0, 0.05) is 23.6 Å². The van der Waals surface area contributed by atoms with Crippen LogP contribution in [-0.2, 0) is 0 Å². The maximum atomic E-state index is 11.8. The molecular weight excluding hydrogens is 224 g/mol. The average molecular weight is 236 g/mol. The molecule has 1 fully saturated rings. The first kappa shape index (κ1) is 9.86. The predicted octanol–water partition coefficient (Wildman–Crippen LogP) is 1.77. The number of furan rings is 1. The zero-order valence-corrected chi connectivity index (χ0v) is 9.47. The van der Waals surface area contributed by atoms with Crippen LogP contribution in [-0.4, -0.2) is 17.5 Å². The predicted molar refractivity (Wildman–Crippen MR) is 62.9 cm³/mol. The lowest BCUT2D eigenvalue weighted by molar-refractivity contribution is 0.568.